The van der Waals surface area contributed by atoms with Gasteiger partial charge in [0.25, 0.3) is 0 Å². The Morgan fingerprint density at radius 2 is 1.00 bits per heavy atom. The average Bonchev–Trinajstić information content (AvgIpc) is 0. The molecule has 0 rings (SSSR count). The van der Waals surface area contributed by atoms with E-state index in [1.165, 1.54) is 0 Å². The summed E-state index contributed by atoms with van der Waals surface area (Å²) in [6.07, 6.45) is 0. The summed E-state index contributed by atoms with van der Waals surface area (Å²) < 4.78 is 0. The van der Waals surface area contributed by atoms with Crippen LogP contribution >= 0.6 is 0 Å². The molecule has 2 radical (unpaired) electrons. The molecule has 0 aromatic carbocycles. The first kappa shape index (κ1) is 37.9. The fourth-order valence-electron chi connectivity index (χ4n) is 0. The van der Waals surface area contributed by atoms with Gasteiger partial charge in [-0.2, -0.15) is 0 Å². The van der Waals surface area contributed by atoms with Gasteiger partial charge in [0.2, 0.25) is 0 Å². The van der Waals surface area contributed by atoms with Crippen molar-refractivity contribution in [2.75, 3.05) is 0 Å². The standard InChI is InChI=1S/Co.La.Mn.O.Sr/q+2;+3;+2;-2;+2. The van der Waals surface area contributed by atoms with Crippen molar-refractivity contribution in [3.05, 3.63) is 0 Å². The summed E-state index contributed by atoms with van der Waals surface area (Å²) in [6.45, 7) is 0. The van der Waals surface area contributed by atoms with Crippen molar-refractivity contribution >= 4 is 45.5 Å². The van der Waals surface area contributed by atoms with Crippen molar-refractivity contribution in [1.82, 2.24) is 0 Å². The van der Waals surface area contributed by atoms with E-state index in [1.807, 2.05) is 0 Å². The molecule has 0 saturated carbocycles. The largest absolute Gasteiger partial charge is 3.00 e. The van der Waals surface area contributed by atoms with Gasteiger partial charge in [0.1, 0.15) is 0 Å². The molecule has 0 aromatic rings. The molecule has 0 atom stereocenters. The van der Waals surface area contributed by atoms with Crippen LogP contribution in [0.3, 0.4) is 0 Å². The van der Waals surface area contributed by atoms with E-state index in [0.29, 0.717) is 0 Å². The molecular formula is CoLaMnOSr+7. The van der Waals surface area contributed by atoms with Crippen molar-refractivity contribution in [2.45, 2.75) is 0 Å². The zero-order chi connectivity index (χ0) is 0. The molecule has 0 fully saturated rings. The molecule has 0 spiro atoms. The fourth-order valence-corrected chi connectivity index (χ4v) is 0. The Labute approximate surface area is 117 Å². The molecule has 0 heterocycles. The second kappa shape index (κ2) is 25.4. The Bertz CT molecular complexity index is 11.6. The molecule has 0 saturated heterocycles. The smallest absolute Gasteiger partial charge is 2.00 e. The molecule has 0 N–H and O–H groups in total. The maximum Gasteiger partial charge on any atom is 3.00 e. The zero-order valence-corrected chi connectivity index (χ0v) is 11.7. The Hall–Kier alpha value is 3.66. The van der Waals surface area contributed by atoms with Gasteiger partial charge in [0, 0.05) is 0 Å². The van der Waals surface area contributed by atoms with Crippen LogP contribution in [-0.2, 0) is 39.3 Å². The first-order valence-corrected chi connectivity index (χ1v) is 0. The van der Waals surface area contributed by atoms with Crippen LogP contribution in [0.5, 0.6) is 0 Å². The van der Waals surface area contributed by atoms with Crippen molar-refractivity contribution in [2.24, 2.45) is 0 Å². The molecule has 0 amide bonds. The quantitative estimate of drug-likeness (QED) is 0.524. The normalized spacial score (nSPS) is 0. The van der Waals surface area contributed by atoms with Crippen LogP contribution in [-0.4, -0.2) is 45.5 Å². The fraction of sp³-hybridized carbons (Fsp3) is 0. The maximum atomic E-state index is 0. The van der Waals surface area contributed by atoms with Crippen molar-refractivity contribution in [3.8, 4) is 0 Å². The third kappa shape index (κ3) is 18.3. The van der Waals surface area contributed by atoms with Gasteiger partial charge < -0.3 is 5.48 Å². The van der Waals surface area contributed by atoms with E-state index < -0.39 is 0 Å². The Kier molecular flexibility index (Phi) is 192. The molecule has 0 aliphatic heterocycles. The Balaban J connectivity index is 0. The zero-order valence-electron chi connectivity index (χ0n) is 2.40. The minimum atomic E-state index is 0. The number of rotatable bonds is 0. The molecule has 1 nitrogen and oxygen atoms in total. The van der Waals surface area contributed by atoms with E-state index >= 15 is 0 Å². The molecule has 0 bridgehead atoms. The van der Waals surface area contributed by atoms with Gasteiger partial charge in [-0.1, -0.05) is 0 Å². The summed E-state index contributed by atoms with van der Waals surface area (Å²) >= 11 is 0. The van der Waals surface area contributed by atoms with Crippen LogP contribution < -0.4 is 0 Å². The number of hydrogen-bond donors (Lipinski definition) is 0. The van der Waals surface area contributed by atoms with Gasteiger partial charge in [-0.15, -0.1) is 0 Å². The second-order valence-electron chi connectivity index (χ2n) is 0. The minimum absolute atomic E-state index is 0. The molecule has 0 unspecified atom stereocenters. The first-order valence-electron chi connectivity index (χ1n) is 0. The van der Waals surface area contributed by atoms with Gasteiger partial charge in [0.15, 0.2) is 0 Å². The average molecular weight is 356 g/mol. The number of hydrogen-bond acceptors (Lipinski definition) is 0. The van der Waals surface area contributed by atoms with Crippen LogP contribution in [0.4, 0.5) is 0 Å². The molecule has 0 aliphatic rings. The van der Waals surface area contributed by atoms with Crippen LogP contribution in [0.15, 0.2) is 0 Å². The molecule has 20 valence electrons. The predicted molar refractivity (Wildman–Crippen MR) is 6.44 cm³/mol. The molecule has 5 heteroatoms. The summed E-state index contributed by atoms with van der Waals surface area (Å²) in [5.41, 5.74) is 0. The van der Waals surface area contributed by atoms with Gasteiger partial charge in [-0.05, 0) is 0 Å². The SMILES string of the molecule is [Co+2].[La+3].[Mn+2].[O-2].[Sr+2]. The molecular weight excluding hydrogens is 356 g/mol. The van der Waals surface area contributed by atoms with Gasteiger partial charge >= 0.3 is 115 Å². The van der Waals surface area contributed by atoms with E-state index in [1.54, 1.807) is 0 Å². The molecule has 0 aliphatic carbocycles. The van der Waals surface area contributed by atoms with Crippen LogP contribution in [0.25, 0.3) is 0 Å². The monoisotopic (exact) mass is 357 g/mol. The van der Waals surface area contributed by atoms with E-state index in [-0.39, 0.29) is 120 Å². The van der Waals surface area contributed by atoms with Crippen molar-refractivity contribution < 1.29 is 74.9 Å². The molecule has 5 heavy (non-hydrogen) atoms. The predicted octanol–water partition coefficient (Wildman–Crippen LogP) is -0.505. The summed E-state index contributed by atoms with van der Waals surface area (Å²) in [7, 11) is 0. The van der Waals surface area contributed by atoms with Crippen LogP contribution in [0.1, 0.15) is 0 Å². The van der Waals surface area contributed by atoms with Crippen molar-refractivity contribution in [3.63, 3.8) is 0 Å². The van der Waals surface area contributed by atoms with Crippen molar-refractivity contribution in [1.29, 1.82) is 0 Å². The van der Waals surface area contributed by atoms with E-state index in [0.717, 1.165) is 0 Å². The Morgan fingerprint density at radius 1 is 1.00 bits per heavy atom. The van der Waals surface area contributed by atoms with Crippen LogP contribution in [0.2, 0.25) is 0 Å². The van der Waals surface area contributed by atoms with E-state index in [2.05, 4.69) is 0 Å². The summed E-state index contributed by atoms with van der Waals surface area (Å²) in [4.78, 5) is 0. The molecule has 0 aromatic heterocycles. The minimum Gasteiger partial charge on any atom is -2.00 e. The van der Waals surface area contributed by atoms with E-state index in [9.17, 15) is 0 Å². The summed E-state index contributed by atoms with van der Waals surface area (Å²) in [5, 5.41) is 0. The van der Waals surface area contributed by atoms with Gasteiger partial charge in [-0.25, -0.2) is 0 Å². The topological polar surface area (TPSA) is 28.5 Å². The van der Waals surface area contributed by atoms with E-state index in [4.69, 9.17) is 0 Å². The van der Waals surface area contributed by atoms with Gasteiger partial charge in [-0.3, -0.25) is 0 Å². The first-order chi connectivity index (χ1) is 0. The second-order valence-corrected chi connectivity index (χ2v) is 0. The van der Waals surface area contributed by atoms with Crippen LogP contribution in [0, 0.1) is 35.6 Å². The summed E-state index contributed by atoms with van der Waals surface area (Å²) in [5.74, 6) is 0. The van der Waals surface area contributed by atoms with Gasteiger partial charge in [0.05, 0.1) is 0 Å². The third-order valence-corrected chi connectivity index (χ3v) is 0. The Morgan fingerprint density at radius 3 is 1.00 bits per heavy atom. The maximum absolute atomic E-state index is 0. The third-order valence-electron chi connectivity index (χ3n) is 0. The summed E-state index contributed by atoms with van der Waals surface area (Å²) in [6, 6.07) is 0.